The third kappa shape index (κ3) is 8.84. The SMILES string of the molecule is CC1=C(C)C(C)=C(C)C1.Cc1cc(C)[c-](C)c1C.F[B-](F)(F)F.[Fe+2]. The zero-order chi connectivity index (χ0) is 18.5. The summed E-state index contributed by atoms with van der Waals surface area (Å²) >= 11 is 0. The van der Waals surface area contributed by atoms with Crippen LogP contribution in [-0.2, 0) is 17.1 Å². The van der Waals surface area contributed by atoms with E-state index in [1.54, 1.807) is 11.1 Å². The first-order valence-corrected chi connectivity index (χ1v) is 7.66. The number of allylic oxidation sites excluding steroid dienone is 4. The van der Waals surface area contributed by atoms with E-state index in [2.05, 4.69) is 61.5 Å². The van der Waals surface area contributed by atoms with Gasteiger partial charge in [-0.1, -0.05) is 38.8 Å². The van der Waals surface area contributed by atoms with Crippen LogP contribution >= 0.6 is 0 Å². The first kappa shape index (κ1) is 25.4. The zero-order valence-corrected chi connectivity index (χ0v) is 16.8. The molecule has 1 aliphatic carbocycles. The van der Waals surface area contributed by atoms with E-state index in [0.29, 0.717) is 0 Å². The van der Waals surface area contributed by atoms with Crippen LogP contribution in [0, 0.1) is 27.7 Å². The van der Waals surface area contributed by atoms with Crippen molar-refractivity contribution >= 4 is 7.25 Å². The van der Waals surface area contributed by atoms with Crippen molar-refractivity contribution in [2.75, 3.05) is 0 Å². The molecule has 0 N–H and O–H groups in total. The Kier molecular flexibility index (Phi) is 10.8. The minimum Gasteiger partial charge on any atom is -0.418 e. The Balaban J connectivity index is 0. The summed E-state index contributed by atoms with van der Waals surface area (Å²) in [7, 11) is -6.00. The summed E-state index contributed by atoms with van der Waals surface area (Å²) in [4.78, 5) is 0. The van der Waals surface area contributed by atoms with E-state index >= 15 is 0 Å². The number of hydrogen-bond acceptors (Lipinski definition) is 0. The fourth-order valence-electron chi connectivity index (χ4n) is 2.44. The second-order valence-corrected chi connectivity index (χ2v) is 6.24. The van der Waals surface area contributed by atoms with Crippen molar-refractivity contribution in [3.8, 4) is 0 Å². The summed E-state index contributed by atoms with van der Waals surface area (Å²) < 4.78 is 39.0. The van der Waals surface area contributed by atoms with Gasteiger partial charge in [0.05, 0.1) is 0 Å². The molecule has 0 nitrogen and oxygen atoms in total. The van der Waals surface area contributed by atoms with Gasteiger partial charge in [-0.15, -0.1) is 0 Å². The van der Waals surface area contributed by atoms with Gasteiger partial charge in [0.1, 0.15) is 0 Å². The monoisotopic (exact) mass is 386 g/mol. The van der Waals surface area contributed by atoms with Crippen LogP contribution in [0.3, 0.4) is 0 Å². The Labute approximate surface area is 154 Å². The van der Waals surface area contributed by atoms with Gasteiger partial charge in [-0.05, 0) is 45.3 Å². The number of halogens is 4. The molecule has 0 spiro atoms. The number of rotatable bonds is 0. The molecule has 138 valence electrons. The molecule has 0 bridgehead atoms. The van der Waals surface area contributed by atoms with Crippen molar-refractivity contribution in [1.82, 2.24) is 0 Å². The minimum atomic E-state index is -6.00. The van der Waals surface area contributed by atoms with E-state index in [1.165, 1.54) is 39.8 Å². The van der Waals surface area contributed by atoms with Crippen LogP contribution in [0.2, 0.25) is 0 Å². The molecule has 2 rings (SSSR count). The molecule has 0 fully saturated rings. The Morgan fingerprint density at radius 3 is 1.25 bits per heavy atom. The Bertz CT molecular complexity index is 557. The van der Waals surface area contributed by atoms with Crippen molar-refractivity contribution in [3.05, 3.63) is 50.6 Å². The van der Waals surface area contributed by atoms with Gasteiger partial charge in [-0.3, -0.25) is 0 Å². The maximum absolute atomic E-state index is 9.75. The van der Waals surface area contributed by atoms with E-state index in [1.807, 2.05) is 0 Å². The Hall–Kier alpha value is -0.866. The number of aryl methyl sites for hydroxylation is 2. The van der Waals surface area contributed by atoms with Crippen LogP contribution in [0.4, 0.5) is 17.3 Å². The molecule has 1 aromatic carbocycles. The molecule has 1 aliphatic rings. The average Bonchev–Trinajstić information content (AvgIpc) is 2.74. The molecule has 0 saturated heterocycles. The van der Waals surface area contributed by atoms with Gasteiger partial charge in [0.15, 0.2) is 0 Å². The fraction of sp³-hybridized carbons (Fsp3) is 0.500. The van der Waals surface area contributed by atoms with Crippen LogP contribution in [0.1, 0.15) is 56.4 Å². The molecule has 6 heteroatoms. The molecule has 0 amide bonds. The van der Waals surface area contributed by atoms with Crippen molar-refractivity contribution in [2.45, 2.75) is 61.8 Å². The van der Waals surface area contributed by atoms with Gasteiger partial charge in [-0.2, -0.15) is 22.3 Å². The van der Waals surface area contributed by atoms with Crippen LogP contribution in [-0.4, -0.2) is 7.25 Å². The summed E-state index contributed by atoms with van der Waals surface area (Å²) in [6, 6.07) is 2.24. The molecule has 1 aromatic rings. The topological polar surface area (TPSA) is 0 Å². The summed E-state index contributed by atoms with van der Waals surface area (Å²) in [5.74, 6) is 0. The van der Waals surface area contributed by atoms with Crippen LogP contribution in [0.25, 0.3) is 0 Å². The van der Waals surface area contributed by atoms with Crippen molar-refractivity contribution in [1.29, 1.82) is 0 Å². The molecule has 24 heavy (non-hydrogen) atoms. The minimum absolute atomic E-state index is 0. The molecule has 0 saturated carbocycles. The van der Waals surface area contributed by atoms with Gasteiger partial charge in [-0.25, -0.2) is 6.07 Å². The third-order valence-electron chi connectivity index (χ3n) is 4.55. The summed E-state index contributed by atoms with van der Waals surface area (Å²) in [6.07, 6.45) is 1.21. The van der Waals surface area contributed by atoms with Crippen LogP contribution in [0.15, 0.2) is 28.4 Å². The zero-order valence-electron chi connectivity index (χ0n) is 15.7. The van der Waals surface area contributed by atoms with E-state index in [-0.39, 0.29) is 17.1 Å². The standard InChI is InChI=1S/C9H14.C9H13.BF4.Fe/c2*1-6-5-7(2)9(4)8(6)3;2-1(3,4)5;/h5H2,1-4H3;5H,1-4H3;;/q;2*-1;+2. The van der Waals surface area contributed by atoms with Crippen LogP contribution < -0.4 is 0 Å². The van der Waals surface area contributed by atoms with Gasteiger partial charge in [0, 0.05) is 0 Å². The molecule has 0 radical (unpaired) electrons. The second kappa shape index (κ2) is 10.2. The third-order valence-corrected chi connectivity index (χ3v) is 4.55. The largest absolute Gasteiger partial charge is 2.00 e. The second-order valence-electron chi connectivity index (χ2n) is 6.24. The van der Waals surface area contributed by atoms with E-state index in [9.17, 15) is 17.3 Å². The fourth-order valence-corrected chi connectivity index (χ4v) is 2.44. The number of hydrogen-bond donors (Lipinski definition) is 0. The normalized spacial score (nSPS) is 13.8. The molecule has 0 aromatic heterocycles. The van der Waals surface area contributed by atoms with Gasteiger partial charge in [0.25, 0.3) is 0 Å². The van der Waals surface area contributed by atoms with E-state index in [4.69, 9.17) is 0 Å². The van der Waals surface area contributed by atoms with Gasteiger partial charge >= 0.3 is 24.3 Å². The first-order valence-electron chi connectivity index (χ1n) is 7.66. The van der Waals surface area contributed by atoms with E-state index < -0.39 is 7.25 Å². The quantitative estimate of drug-likeness (QED) is 0.256. The summed E-state index contributed by atoms with van der Waals surface area (Å²) in [5, 5.41) is 0. The molecule has 0 unspecified atom stereocenters. The molecule has 0 atom stereocenters. The van der Waals surface area contributed by atoms with Gasteiger partial charge < -0.3 is 17.3 Å². The van der Waals surface area contributed by atoms with Gasteiger partial charge in [0.2, 0.25) is 0 Å². The van der Waals surface area contributed by atoms with Crippen molar-refractivity contribution in [2.24, 2.45) is 0 Å². The van der Waals surface area contributed by atoms with Crippen molar-refractivity contribution in [3.63, 3.8) is 0 Å². The molecule has 0 heterocycles. The Morgan fingerprint density at radius 1 is 0.833 bits per heavy atom. The maximum atomic E-state index is 9.75. The summed E-state index contributed by atoms with van der Waals surface area (Å²) in [6.45, 7) is 17.5. The first-order chi connectivity index (χ1) is 10.3. The molecular weight excluding hydrogens is 359 g/mol. The Morgan fingerprint density at radius 2 is 1.17 bits per heavy atom. The predicted molar refractivity (Wildman–Crippen MR) is 92.5 cm³/mol. The maximum Gasteiger partial charge on any atom is 2.00 e. The molecule has 0 aliphatic heterocycles. The smallest absolute Gasteiger partial charge is 0.418 e. The average molecular weight is 386 g/mol. The van der Waals surface area contributed by atoms with Crippen molar-refractivity contribution < 1.29 is 34.3 Å². The summed E-state index contributed by atoms with van der Waals surface area (Å²) in [5.41, 5.74) is 11.9. The predicted octanol–water partition coefficient (Wildman–Crippen LogP) is 7.00. The van der Waals surface area contributed by atoms with E-state index in [0.717, 1.165) is 0 Å². The van der Waals surface area contributed by atoms with Crippen LogP contribution in [0.5, 0.6) is 0 Å². The molecular formula is C18H27BF4Fe.